The molecule has 0 radical (unpaired) electrons. The predicted octanol–water partition coefficient (Wildman–Crippen LogP) is 2.48. The molecular weight excluding hydrogens is 280 g/mol. The monoisotopic (exact) mass is 306 g/mol. The number of pyridine rings is 1. The zero-order valence-electron chi connectivity index (χ0n) is 13.0. The molecule has 1 atom stereocenters. The van der Waals surface area contributed by atoms with Crippen LogP contribution in [0, 0.1) is 0 Å². The van der Waals surface area contributed by atoms with E-state index in [9.17, 15) is 0 Å². The first-order chi connectivity index (χ1) is 10.2. The fourth-order valence-electron chi connectivity index (χ4n) is 2.84. The molecule has 0 bridgehead atoms. The number of nitrogens with zero attached hydrogens (tertiary/aromatic N) is 2. The van der Waals surface area contributed by atoms with E-state index in [-0.39, 0.29) is 6.04 Å². The molecule has 0 saturated heterocycles. The Morgan fingerprint density at radius 3 is 2.76 bits per heavy atom. The van der Waals surface area contributed by atoms with Gasteiger partial charge in [-0.1, -0.05) is 25.3 Å². The summed E-state index contributed by atoms with van der Waals surface area (Å²) in [6.45, 7) is 0.789. The molecule has 21 heavy (non-hydrogen) atoms. The normalized spacial score (nSPS) is 17.5. The van der Waals surface area contributed by atoms with E-state index >= 15 is 0 Å². The average molecular weight is 306 g/mol. The van der Waals surface area contributed by atoms with Crippen LogP contribution in [-0.2, 0) is 0 Å². The number of rotatable bonds is 5. The smallest absolute Gasteiger partial charge is 0.166 e. The van der Waals surface area contributed by atoms with Crippen LogP contribution in [0.15, 0.2) is 24.5 Å². The Balaban J connectivity index is 1.82. The summed E-state index contributed by atoms with van der Waals surface area (Å²) in [6.07, 6.45) is 10.2. The third-order valence-corrected chi connectivity index (χ3v) is 4.35. The van der Waals surface area contributed by atoms with Crippen molar-refractivity contribution in [3.05, 3.63) is 30.1 Å². The van der Waals surface area contributed by atoms with Gasteiger partial charge in [-0.3, -0.25) is 4.98 Å². The molecular formula is C16H26N4S. The number of hydrogen-bond donors (Lipinski definition) is 2. The maximum absolute atomic E-state index is 5.43. The molecule has 2 rings (SSSR count). The molecule has 4 nitrogen and oxygen atoms in total. The number of nitrogens with one attached hydrogen (secondary N) is 2. The Kier molecular flexibility index (Phi) is 6.39. The molecule has 0 aromatic carbocycles. The van der Waals surface area contributed by atoms with Crippen molar-refractivity contribution in [2.24, 2.45) is 0 Å². The molecule has 1 aliphatic carbocycles. The van der Waals surface area contributed by atoms with Crippen LogP contribution >= 0.6 is 12.2 Å². The van der Waals surface area contributed by atoms with Crippen LogP contribution in [-0.4, -0.2) is 41.7 Å². The maximum Gasteiger partial charge on any atom is 0.166 e. The van der Waals surface area contributed by atoms with Gasteiger partial charge in [0.2, 0.25) is 0 Å². The Labute approximate surface area is 133 Å². The zero-order valence-corrected chi connectivity index (χ0v) is 13.8. The minimum Gasteiger partial charge on any atom is -0.361 e. The SMILES string of the molecule is CN(C)[C@H](CNC(=S)NC1CCCCC1)c1cccnc1. The van der Waals surface area contributed by atoms with Gasteiger partial charge >= 0.3 is 0 Å². The number of aromatic nitrogens is 1. The Morgan fingerprint density at radius 1 is 1.38 bits per heavy atom. The van der Waals surface area contributed by atoms with E-state index in [1.165, 1.54) is 37.7 Å². The summed E-state index contributed by atoms with van der Waals surface area (Å²) in [7, 11) is 4.16. The minimum atomic E-state index is 0.268. The van der Waals surface area contributed by atoms with Crippen molar-refractivity contribution in [1.82, 2.24) is 20.5 Å². The summed E-state index contributed by atoms with van der Waals surface area (Å²) in [5, 5.41) is 7.59. The van der Waals surface area contributed by atoms with Crippen LogP contribution in [0.3, 0.4) is 0 Å². The van der Waals surface area contributed by atoms with Gasteiger partial charge in [0.05, 0.1) is 6.04 Å². The lowest BCUT2D eigenvalue weighted by molar-refractivity contribution is 0.297. The van der Waals surface area contributed by atoms with E-state index < -0.39 is 0 Å². The molecule has 0 amide bonds. The molecule has 1 saturated carbocycles. The standard InChI is InChI=1S/C16H26N4S/c1-20(2)15(13-7-6-10-17-11-13)12-18-16(21)19-14-8-4-3-5-9-14/h6-7,10-11,14-15H,3-5,8-9,12H2,1-2H3,(H2,18,19,21)/t15-/m1/s1. The molecule has 1 aliphatic rings. The third kappa shape index (κ3) is 5.25. The highest BCUT2D eigenvalue weighted by Gasteiger charge is 2.17. The first-order valence-corrected chi connectivity index (χ1v) is 8.18. The van der Waals surface area contributed by atoms with E-state index in [0.717, 1.165) is 11.7 Å². The summed E-state index contributed by atoms with van der Waals surface area (Å²) in [5.41, 5.74) is 1.20. The quantitative estimate of drug-likeness (QED) is 0.818. The molecule has 1 aromatic rings. The van der Waals surface area contributed by atoms with Crippen LogP contribution < -0.4 is 10.6 Å². The Morgan fingerprint density at radius 2 is 2.14 bits per heavy atom. The third-order valence-electron chi connectivity index (χ3n) is 4.09. The van der Waals surface area contributed by atoms with Crippen molar-refractivity contribution < 1.29 is 0 Å². The fraction of sp³-hybridized carbons (Fsp3) is 0.625. The highest BCUT2D eigenvalue weighted by Crippen LogP contribution is 2.18. The lowest BCUT2D eigenvalue weighted by Gasteiger charge is -2.28. The second-order valence-electron chi connectivity index (χ2n) is 5.96. The van der Waals surface area contributed by atoms with Gasteiger partial charge in [-0.25, -0.2) is 0 Å². The highest BCUT2D eigenvalue weighted by atomic mass is 32.1. The molecule has 116 valence electrons. The molecule has 0 aliphatic heterocycles. The highest BCUT2D eigenvalue weighted by molar-refractivity contribution is 7.80. The number of likely N-dealkylation sites (N-methyl/N-ethyl adjacent to an activating group) is 1. The molecule has 1 aromatic heterocycles. The van der Waals surface area contributed by atoms with Crippen LogP contribution in [0.4, 0.5) is 0 Å². The lowest BCUT2D eigenvalue weighted by atomic mass is 9.96. The van der Waals surface area contributed by atoms with Crippen LogP contribution in [0.25, 0.3) is 0 Å². The van der Waals surface area contributed by atoms with E-state index in [0.29, 0.717) is 6.04 Å². The van der Waals surface area contributed by atoms with Crippen molar-refractivity contribution in [3.63, 3.8) is 0 Å². The maximum atomic E-state index is 5.43. The van der Waals surface area contributed by atoms with Gasteiger partial charge in [-0.15, -0.1) is 0 Å². The Bertz CT molecular complexity index is 429. The van der Waals surface area contributed by atoms with E-state index in [4.69, 9.17) is 12.2 Å². The summed E-state index contributed by atoms with van der Waals surface area (Å²) >= 11 is 5.43. The molecule has 1 fully saturated rings. The van der Waals surface area contributed by atoms with Gasteiger partial charge in [0.1, 0.15) is 0 Å². The largest absolute Gasteiger partial charge is 0.361 e. The topological polar surface area (TPSA) is 40.2 Å². The molecule has 5 heteroatoms. The first-order valence-electron chi connectivity index (χ1n) is 7.77. The van der Waals surface area contributed by atoms with Crippen LogP contribution in [0.5, 0.6) is 0 Å². The van der Waals surface area contributed by atoms with Crippen LogP contribution in [0.2, 0.25) is 0 Å². The first kappa shape index (κ1) is 16.2. The van der Waals surface area contributed by atoms with Gasteiger partial charge in [-0.2, -0.15) is 0 Å². The second kappa shape index (κ2) is 8.29. The molecule has 0 unspecified atom stereocenters. The summed E-state index contributed by atoms with van der Waals surface area (Å²) < 4.78 is 0. The lowest BCUT2D eigenvalue weighted by Crippen LogP contribution is -2.45. The summed E-state index contributed by atoms with van der Waals surface area (Å²) in [6, 6.07) is 4.90. The van der Waals surface area contributed by atoms with Crippen molar-refractivity contribution in [2.75, 3.05) is 20.6 Å². The summed E-state index contributed by atoms with van der Waals surface area (Å²) in [4.78, 5) is 6.39. The molecule has 1 heterocycles. The average Bonchev–Trinajstić information content (AvgIpc) is 2.49. The van der Waals surface area contributed by atoms with Crippen molar-refractivity contribution >= 4 is 17.3 Å². The predicted molar refractivity (Wildman–Crippen MR) is 91.3 cm³/mol. The van der Waals surface area contributed by atoms with Gasteiger partial charge < -0.3 is 15.5 Å². The van der Waals surface area contributed by atoms with Crippen LogP contribution in [0.1, 0.15) is 43.7 Å². The summed E-state index contributed by atoms with van der Waals surface area (Å²) in [5.74, 6) is 0. The van der Waals surface area contributed by atoms with E-state index in [2.05, 4.69) is 40.7 Å². The van der Waals surface area contributed by atoms with Gasteiger partial charge in [-0.05, 0) is 50.8 Å². The van der Waals surface area contributed by atoms with E-state index in [1.807, 2.05) is 12.3 Å². The second-order valence-corrected chi connectivity index (χ2v) is 6.36. The van der Waals surface area contributed by atoms with Gasteiger partial charge in [0.25, 0.3) is 0 Å². The number of thiocarbonyl (C=S) groups is 1. The van der Waals surface area contributed by atoms with Gasteiger partial charge in [0.15, 0.2) is 5.11 Å². The fourth-order valence-corrected chi connectivity index (χ4v) is 3.09. The molecule has 0 spiro atoms. The van der Waals surface area contributed by atoms with Gasteiger partial charge in [0, 0.05) is 25.0 Å². The zero-order chi connectivity index (χ0) is 15.1. The Hall–Kier alpha value is -1.20. The minimum absolute atomic E-state index is 0.268. The van der Waals surface area contributed by atoms with Crippen molar-refractivity contribution in [1.29, 1.82) is 0 Å². The van der Waals surface area contributed by atoms with Crippen molar-refractivity contribution in [3.8, 4) is 0 Å². The molecule has 2 N–H and O–H groups in total. The number of hydrogen-bond acceptors (Lipinski definition) is 3. The van der Waals surface area contributed by atoms with E-state index in [1.54, 1.807) is 6.20 Å². The van der Waals surface area contributed by atoms with Crippen molar-refractivity contribution in [2.45, 2.75) is 44.2 Å².